The number of carbonyl (C=O) groups is 1. The van der Waals surface area contributed by atoms with E-state index in [1.165, 1.54) is 0 Å². The number of ether oxygens (including phenoxy) is 1. The van der Waals surface area contributed by atoms with E-state index in [-0.39, 0.29) is 5.91 Å². The zero-order valence-corrected chi connectivity index (χ0v) is 13.1. The van der Waals surface area contributed by atoms with Gasteiger partial charge in [0.1, 0.15) is 5.01 Å². The SMILES string of the molecule is O=C(C=Cc1nc2ccccc2s1)NCCN1CCOCC1. The lowest BCUT2D eigenvalue weighted by atomic mass is 10.3. The van der Waals surface area contributed by atoms with Crippen LogP contribution in [0.15, 0.2) is 30.3 Å². The number of rotatable bonds is 5. The molecule has 1 N–H and O–H groups in total. The molecule has 5 nitrogen and oxygen atoms in total. The van der Waals surface area contributed by atoms with Crippen LogP contribution in [-0.2, 0) is 9.53 Å². The molecule has 1 fully saturated rings. The van der Waals surface area contributed by atoms with Gasteiger partial charge >= 0.3 is 0 Å². The van der Waals surface area contributed by atoms with Crippen LogP contribution in [0.1, 0.15) is 5.01 Å². The highest BCUT2D eigenvalue weighted by Crippen LogP contribution is 2.22. The number of amides is 1. The van der Waals surface area contributed by atoms with Crippen LogP contribution >= 0.6 is 11.3 Å². The van der Waals surface area contributed by atoms with Crippen LogP contribution < -0.4 is 5.32 Å². The monoisotopic (exact) mass is 317 g/mol. The molecule has 116 valence electrons. The van der Waals surface area contributed by atoms with Crippen molar-refractivity contribution in [3.8, 4) is 0 Å². The van der Waals surface area contributed by atoms with Crippen molar-refractivity contribution in [2.24, 2.45) is 0 Å². The van der Waals surface area contributed by atoms with Crippen molar-refractivity contribution in [3.05, 3.63) is 35.3 Å². The summed E-state index contributed by atoms with van der Waals surface area (Å²) in [6.07, 6.45) is 3.33. The highest BCUT2D eigenvalue weighted by molar-refractivity contribution is 7.19. The first-order valence-corrected chi connectivity index (χ1v) is 8.24. The predicted molar refractivity (Wildman–Crippen MR) is 88.9 cm³/mol. The molecule has 2 aromatic rings. The average molecular weight is 317 g/mol. The molecule has 0 aliphatic carbocycles. The van der Waals surface area contributed by atoms with Crippen molar-refractivity contribution in [2.75, 3.05) is 39.4 Å². The third-order valence-electron chi connectivity index (χ3n) is 3.52. The standard InChI is InChI=1S/C16H19N3O2S/c20-15(17-7-8-19-9-11-21-12-10-19)5-6-16-18-13-3-1-2-4-14(13)22-16/h1-6H,7-12H2,(H,17,20). The fraction of sp³-hybridized carbons (Fsp3) is 0.375. The van der Waals surface area contributed by atoms with Gasteiger partial charge in [0.25, 0.3) is 0 Å². The largest absolute Gasteiger partial charge is 0.379 e. The Morgan fingerprint density at radius 1 is 1.36 bits per heavy atom. The lowest BCUT2D eigenvalue weighted by molar-refractivity contribution is -0.116. The normalized spacial score (nSPS) is 16.4. The minimum absolute atomic E-state index is 0.0764. The minimum Gasteiger partial charge on any atom is -0.379 e. The number of hydrogen-bond acceptors (Lipinski definition) is 5. The Kier molecular flexibility index (Phi) is 5.15. The van der Waals surface area contributed by atoms with Gasteiger partial charge in [-0.3, -0.25) is 9.69 Å². The molecule has 0 spiro atoms. The summed E-state index contributed by atoms with van der Waals surface area (Å²) in [7, 11) is 0. The van der Waals surface area contributed by atoms with E-state index in [0.717, 1.165) is 48.1 Å². The first-order chi connectivity index (χ1) is 10.8. The molecule has 2 heterocycles. The molecule has 22 heavy (non-hydrogen) atoms. The lowest BCUT2D eigenvalue weighted by Gasteiger charge is -2.26. The number of benzene rings is 1. The Balaban J connectivity index is 1.46. The van der Waals surface area contributed by atoms with Gasteiger partial charge < -0.3 is 10.1 Å². The second kappa shape index (κ2) is 7.49. The Morgan fingerprint density at radius 2 is 2.18 bits per heavy atom. The molecular weight excluding hydrogens is 298 g/mol. The van der Waals surface area contributed by atoms with Crippen LogP contribution in [0, 0.1) is 0 Å². The molecule has 1 saturated heterocycles. The van der Waals surface area contributed by atoms with E-state index in [1.807, 2.05) is 24.3 Å². The van der Waals surface area contributed by atoms with Crippen molar-refractivity contribution in [3.63, 3.8) is 0 Å². The lowest BCUT2D eigenvalue weighted by Crippen LogP contribution is -2.41. The van der Waals surface area contributed by atoms with Crippen molar-refractivity contribution < 1.29 is 9.53 Å². The zero-order valence-electron chi connectivity index (χ0n) is 12.3. The number of hydrogen-bond donors (Lipinski definition) is 1. The minimum atomic E-state index is -0.0764. The maximum atomic E-state index is 11.8. The first-order valence-electron chi connectivity index (χ1n) is 7.43. The fourth-order valence-corrected chi connectivity index (χ4v) is 3.20. The molecule has 0 saturated carbocycles. The van der Waals surface area contributed by atoms with E-state index < -0.39 is 0 Å². The van der Waals surface area contributed by atoms with Gasteiger partial charge in [0, 0.05) is 32.3 Å². The summed E-state index contributed by atoms with van der Waals surface area (Å²) >= 11 is 1.59. The van der Waals surface area contributed by atoms with Crippen molar-refractivity contribution >= 4 is 33.5 Å². The molecule has 0 unspecified atom stereocenters. The van der Waals surface area contributed by atoms with Crippen molar-refractivity contribution in [1.82, 2.24) is 15.2 Å². The summed E-state index contributed by atoms with van der Waals surface area (Å²) in [4.78, 5) is 18.6. The van der Waals surface area contributed by atoms with Crippen molar-refractivity contribution in [1.29, 1.82) is 0 Å². The molecule has 1 aromatic carbocycles. The number of morpholine rings is 1. The first kappa shape index (κ1) is 15.1. The van der Waals surface area contributed by atoms with Gasteiger partial charge in [-0.05, 0) is 18.2 Å². The summed E-state index contributed by atoms with van der Waals surface area (Å²) in [6.45, 7) is 4.97. The number of nitrogens with one attached hydrogen (secondary N) is 1. The molecule has 1 aliphatic heterocycles. The summed E-state index contributed by atoms with van der Waals surface area (Å²) < 4.78 is 6.43. The molecule has 0 radical (unpaired) electrons. The Labute approximate surface area is 133 Å². The van der Waals surface area contributed by atoms with E-state index in [2.05, 4.69) is 15.2 Å². The highest BCUT2D eigenvalue weighted by atomic mass is 32.1. The second-order valence-corrected chi connectivity index (χ2v) is 6.16. The van der Waals surface area contributed by atoms with E-state index >= 15 is 0 Å². The molecule has 1 aromatic heterocycles. The molecule has 1 aliphatic rings. The maximum absolute atomic E-state index is 11.8. The van der Waals surface area contributed by atoms with E-state index in [9.17, 15) is 4.79 Å². The number of nitrogens with zero attached hydrogens (tertiary/aromatic N) is 2. The van der Waals surface area contributed by atoms with Gasteiger partial charge in [-0.1, -0.05) is 12.1 Å². The predicted octanol–water partition coefficient (Wildman–Crippen LogP) is 1.76. The molecule has 3 rings (SSSR count). The Bertz CT molecular complexity index is 629. The quantitative estimate of drug-likeness (QED) is 0.854. The fourth-order valence-electron chi connectivity index (χ4n) is 2.33. The number of para-hydroxylation sites is 1. The third kappa shape index (κ3) is 4.13. The maximum Gasteiger partial charge on any atom is 0.244 e. The number of aromatic nitrogens is 1. The average Bonchev–Trinajstić information content (AvgIpc) is 2.97. The zero-order chi connectivity index (χ0) is 15.2. The number of carbonyl (C=O) groups excluding carboxylic acids is 1. The van der Waals surface area contributed by atoms with Gasteiger partial charge in [-0.25, -0.2) is 4.98 Å². The second-order valence-electron chi connectivity index (χ2n) is 5.10. The van der Waals surface area contributed by atoms with Crippen LogP contribution in [0.2, 0.25) is 0 Å². The summed E-state index contributed by atoms with van der Waals surface area (Å²) in [6, 6.07) is 7.97. The van der Waals surface area contributed by atoms with Crippen LogP contribution in [0.5, 0.6) is 0 Å². The van der Waals surface area contributed by atoms with Gasteiger partial charge in [-0.15, -0.1) is 11.3 Å². The van der Waals surface area contributed by atoms with E-state index in [4.69, 9.17) is 4.74 Å². The molecule has 0 bridgehead atoms. The van der Waals surface area contributed by atoms with Crippen LogP contribution in [-0.4, -0.2) is 55.2 Å². The highest BCUT2D eigenvalue weighted by Gasteiger charge is 2.09. The van der Waals surface area contributed by atoms with Gasteiger partial charge in [0.2, 0.25) is 5.91 Å². The van der Waals surface area contributed by atoms with Crippen LogP contribution in [0.4, 0.5) is 0 Å². The topological polar surface area (TPSA) is 54.5 Å². The molecule has 1 amide bonds. The summed E-state index contributed by atoms with van der Waals surface area (Å²) in [5, 5.41) is 3.75. The third-order valence-corrected chi connectivity index (χ3v) is 4.52. The van der Waals surface area contributed by atoms with Crippen LogP contribution in [0.25, 0.3) is 16.3 Å². The molecule has 0 atom stereocenters. The van der Waals surface area contributed by atoms with Crippen LogP contribution in [0.3, 0.4) is 0 Å². The number of thiazole rings is 1. The van der Waals surface area contributed by atoms with Crippen molar-refractivity contribution in [2.45, 2.75) is 0 Å². The Hall–Kier alpha value is -1.76. The van der Waals surface area contributed by atoms with E-state index in [0.29, 0.717) is 6.54 Å². The van der Waals surface area contributed by atoms with Gasteiger partial charge in [0.15, 0.2) is 0 Å². The Morgan fingerprint density at radius 3 is 3.00 bits per heavy atom. The molecule has 6 heteroatoms. The molecular formula is C16H19N3O2S. The van der Waals surface area contributed by atoms with E-state index in [1.54, 1.807) is 23.5 Å². The summed E-state index contributed by atoms with van der Waals surface area (Å²) in [5.74, 6) is -0.0764. The number of fused-ring (bicyclic) bond motifs is 1. The van der Waals surface area contributed by atoms with Gasteiger partial charge in [-0.2, -0.15) is 0 Å². The summed E-state index contributed by atoms with van der Waals surface area (Å²) in [5.41, 5.74) is 0.972. The smallest absolute Gasteiger partial charge is 0.244 e. The van der Waals surface area contributed by atoms with Gasteiger partial charge in [0.05, 0.1) is 23.4 Å².